The van der Waals surface area contributed by atoms with Crippen molar-refractivity contribution in [2.75, 3.05) is 13.1 Å². The van der Waals surface area contributed by atoms with E-state index in [4.69, 9.17) is 0 Å². The lowest BCUT2D eigenvalue weighted by atomic mass is 10.1. The van der Waals surface area contributed by atoms with Crippen LogP contribution in [0.5, 0.6) is 0 Å². The van der Waals surface area contributed by atoms with E-state index in [1.807, 2.05) is 36.7 Å². The molecule has 0 unspecified atom stereocenters. The van der Waals surface area contributed by atoms with Gasteiger partial charge in [0.05, 0.1) is 18.3 Å². The van der Waals surface area contributed by atoms with Crippen molar-refractivity contribution in [2.45, 2.75) is 26.4 Å². The molecule has 3 aromatic rings. The van der Waals surface area contributed by atoms with Crippen LogP contribution < -0.4 is 5.32 Å². The topological polar surface area (TPSA) is 105 Å². The number of nitrogens with zero attached hydrogens (tertiary/aromatic N) is 6. The minimum Gasteiger partial charge on any atom is -0.331 e. The van der Waals surface area contributed by atoms with Gasteiger partial charge in [-0.1, -0.05) is 0 Å². The minimum absolute atomic E-state index is 0.107. The third-order valence-corrected chi connectivity index (χ3v) is 4.42. The minimum atomic E-state index is -0.107. The molecule has 9 heteroatoms. The van der Waals surface area contributed by atoms with E-state index in [-0.39, 0.29) is 12.1 Å². The highest BCUT2D eigenvalue weighted by atomic mass is 16.2. The number of rotatable bonds is 4. The number of likely N-dealkylation sites (tertiary alicyclic amines) is 1. The summed E-state index contributed by atoms with van der Waals surface area (Å²) in [5.41, 5.74) is 3.00. The Balaban J connectivity index is 1.29. The predicted molar refractivity (Wildman–Crippen MR) is 94.2 cm³/mol. The molecule has 0 aromatic carbocycles. The zero-order valence-corrected chi connectivity index (χ0v) is 14.7. The highest BCUT2D eigenvalue weighted by Gasteiger charge is 2.33. The van der Waals surface area contributed by atoms with Gasteiger partial charge in [0.25, 0.3) is 0 Å². The summed E-state index contributed by atoms with van der Waals surface area (Å²) in [6.07, 6.45) is 3.38. The van der Waals surface area contributed by atoms with Gasteiger partial charge in [-0.3, -0.25) is 14.8 Å². The average molecular weight is 352 g/mol. The monoisotopic (exact) mass is 352 g/mol. The molecular formula is C17H20N8O. The van der Waals surface area contributed by atoms with Gasteiger partial charge in [0.2, 0.25) is 0 Å². The standard InChI is InChI=1S/C17H20N8O/c1-11-7-12(2)25(23-11)14-9-24(10-14)17(26)19-8-15-20-16(22-21-15)13-3-5-18-6-4-13/h3-7,14H,8-10H2,1-2H3,(H,19,26)(H,20,21,22). The number of aryl methyl sites for hydroxylation is 2. The Labute approximate surface area is 150 Å². The van der Waals surface area contributed by atoms with Crippen molar-refractivity contribution in [2.24, 2.45) is 0 Å². The summed E-state index contributed by atoms with van der Waals surface area (Å²) in [4.78, 5) is 22.4. The van der Waals surface area contributed by atoms with Gasteiger partial charge in [0.1, 0.15) is 5.82 Å². The number of amides is 2. The van der Waals surface area contributed by atoms with Gasteiger partial charge in [-0.05, 0) is 32.0 Å². The maximum absolute atomic E-state index is 12.3. The number of pyridine rings is 1. The molecule has 26 heavy (non-hydrogen) atoms. The van der Waals surface area contributed by atoms with Gasteiger partial charge in [-0.15, -0.1) is 0 Å². The number of carbonyl (C=O) groups excluding carboxylic acids is 1. The van der Waals surface area contributed by atoms with Crippen molar-refractivity contribution < 1.29 is 4.79 Å². The van der Waals surface area contributed by atoms with E-state index in [9.17, 15) is 4.79 Å². The van der Waals surface area contributed by atoms with E-state index < -0.39 is 0 Å². The Morgan fingerprint density at radius 3 is 2.77 bits per heavy atom. The molecule has 1 saturated heterocycles. The molecule has 2 amide bonds. The number of carbonyl (C=O) groups is 1. The molecule has 0 bridgehead atoms. The van der Waals surface area contributed by atoms with E-state index in [0.29, 0.717) is 31.3 Å². The van der Waals surface area contributed by atoms with Crippen LogP contribution in [0.25, 0.3) is 11.4 Å². The number of aromatic nitrogens is 6. The first-order valence-corrected chi connectivity index (χ1v) is 8.47. The lowest BCUT2D eigenvalue weighted by Crippen LogP contribution is -2.54. The molecule has 0 aliphatic carbocycles. The number of H-pyrrole nitrogens is 1. The highest BCUT2D eigenvalue weighted by molar-refractivity contribution is 5.75. The van der Waals surface area contributed by atoms with Gasteiger partial charge < -0.3 is 10.2 Å². The third-order valence-electron chi connectivity index (χ3n) is 4.42. The summed E-state index contributed by atoms with van der Waals surface area (Å²) in [6, 6.07) is 5.87. The Bertz CT molecular complexity index is 910. The van der Waals surface area contributed by atoms with Crippen LogP contribution >= 0.6 is 0 Å². The zero-order valence-electron chi connectivity index (χ0n) is 14.7. The molecule has 4 heterocycles. The highest BCUT2D eigenvalue weighted by Crippen LogP contribution is 2.22. The van der Waals surface area contributed by atoms with Gasteiger partial charge in [-0.2, -0.15) is 10.2 Å². The second kappa shape index (κ2) is 6.58. The van der Waals surface area contributed by atoms with Crippen LogP contribution in [0.4, 0.5) is 4.79 Å². The van der Waals surface area contributed by atoms with Crippen molar-refractivity contribution in [3.05, 3.63) is 47.8 Å². The molecule has 4 rings (SSSR count). The van der Waals surface area contributed by atoms with Crippen LogP contribution in [0.3, 0.4) is 0 Å². The summed E-state index contributed by atoms with van der Waals surface area (Å²) in [5, 5.41) is 14.4. The van der Waals surface area contributed by atoms with Crippen molar-refractivity contribution in [3.8, 4) is 11.4 Å². The van der Waals surface area contributed by atoms with Gasteiger partial charge in [0.15, 0.2) is 5.82 Å². The average Bonchev–Trinajstić information content (AvgIpc) is 3.19. The second-order valence-electron chi connectivity index (χ2n) is 6.43. The Hall–Kier alpha value is -3.23. The summed E-state index contributed by atoms with van der Waals surface area (Å²) >= 11 is 0. The normalized spacial score (nSPS) is 14.3. The fourth-order valence-corrected chi connectivity index (χ4v) is 3.07. The van der Waals surface area contributed by atoms with Crippen LogP contribution in [-0.4, -0.2) is 54.0 Å². The van der Waals surface area contributed by atoms with Crippen LogP contribution in [0.2, 0.25) is 0 Å². The SMILES string of the molecule is Cc1cc(C)n(C2CN(C(=O)NCc3nc(-c4ccncc4)n[nH]3)C2)n1. The molecule has 1 aliphatic rings. The van der Waals surface area contributed by atoms with Crippen molar-refractivity contribution in [3.63, 3.8) is 0 Å². The van der Waals surface area contributed by atoms with Crippen molar-refractivity contribution in [1.29, 1.82) is 0 Å². The van der Waals surface area contributed by atoms with E-state index in [1.165, 1.54) is 0 Å². The molecule has 134 valence electrons. The zero-order chi connectivity index (χ0) is 18.1. The van der Waals surface area contributed by atoms with Gasteiger partial charge in [-0.25, -0.2) is 9.78 Å². The molecule has 9 nitrogen and oxygen atoms in total. The van der Waals surface area contributed by atoms with Crippen LogP contribution in [0.1, 0.15) is 23.3 Å². The molecule has 0 saturated carbocycles. The molecule has 1 fully saturated rings. The third kappa shape index (κ3) is 3.15. The second-order valence-corrected chi connectivity index (χ2v) is 6.43. The predicted octanol–water partition coefficient (Wildman–Crippen LogP) is 1.45. The summed E-state index contributed by atoms with van der Waals surface area (Å²) in [6.45, 7) is 5.63. The maximum Gasteiger partial charge on any atom is 0.317 e. The smallest absolute Gasteiger partial charge is 0.317 e. The first-order valence-electron chi connectivity index (χ1n) is 8.47. The Kier molecular flexibility index (Phi) is 4.11. The van der Waals surface area contributed by atoms with Crippen LogP contribution in [-0.2, 0) is 6.54 Å². The van der Waals surface area contributed by atoms with Gasteiger partial charge in [0, 0.05) is 36.7 Å². The summed E-state index contributed by atoms with van der Waals surface area (Å²) in [7, 11) is 0. The van der Waals surface area contributed by atoms with E-state index >= 15 is 0 Å². The molecule has 0 atom stereocenters. The van der Waals surface area contributed by atoms with Crippen molar-refractivity contribution in [1.82, 2.24) is 40.2 Å². The summed E-state index contributed by atoms with van der Waals surface area (Å²) < 4.78 is 2.00. The van der Waals surface area contributed by atoms with Crippen molar-refractivity contribution >= 4 is 6.03 Å². The fraction of sp³-hybridized carbons (Fsp3) is 0.353. The number of nitrogens with one attached hydrogen (secondary N) is 2. The van der Waals surface area contributed by atoms with E-state index in [1.54, 1.807) is 17.3 Å². The lowest BCUT2D eigenvalue weighted by Gasteiger charge is -2.39. The van der Waals surface area contributed by atoms with Gasteiger partial charge >= 0.3 is 6.03 Å². The number of urea groups is 1. The fourth-order valence-electron chi connectivity index (χ4n) is 3.07. The van der Waals surface area contributed by atoms with Crippen LogP contribution in [0.15, 0.2) is 30.6 Å². The molecule has 0 spiro atoms. The van der Waals surface area contributed by atoms with E-state index in [2.05, 4.69) is 30.6 Å². The number of hydrogen-bond acceptors (Lipinski definition) is 5. The first kappa shape index (κ1) is 16.2. The first-order chi connectivity index (χ1) is 12.6. The largest absolute Gasteiger partial charge is 0.331 e. The molecule has 1 aliphatic heterocycles. The molecule has 0 radical (unpaired) electrons. The molecule has 2 N–H and O–H groups in total. The quantitative estimate of drug-likeness (QED) is 0.739. The Morgan fingerprint density at radius 2 is 2.08 bits per heavy atom. The maximum atomic E-state index is 12.3. The molecule has 3 aromatic heterocycles. The number of aromatic amines is 1. The van der Waals surface area contributed by atoms with E-state index in [0.717, 1.165) is 17.0 Å². The molecular weight excluding hydrogens is 332 g/mol. The van der Waals surface area contributed by atoms with Crippen LogP contribution in [0, 0.1) is 13.8 Å². The Morgan fingerprint density at radius 1 is 1.31 bits per heavy atom. The lowest BCUT2D eigenvalue weighted by molar-refractivity contribution is 0.117. The number of hydrogen-bond donors (Lipinski definition) is 2. The summed E-state index contributed by atoms with van der Waals surface area (Å²) in [5.74, 6) is 1.20.